The number of hydrogen-bond donors (Lipinski definition) is 1. The number of aryl methyl sites for hydroxylation is 2. The molecule has 0 aromatic heterocycles. The van der Waals surface area contributed by atoms with Gasteiger partial charge in [0.05, 0.1) is 0 Å². The van der Waals surface area contributed by atoms with Crippen LogP contribution in [0.5, 0.6) is 0 Å². The molecule has 0 saturated heterocycles. The maximum atomic E-state index is 13.2. The van der Waals surface area contributed by atoms with E-state index >= 15 is 0 Å². The van der Waals surface area contributed by atoms with Gasteiger partial charge in [0, 0.05) is 5.69 Å². The molecule has 0 fully saturated rings. The molecular weight excluding hydrogens is 253 g/mol. The van der Waals surface area contributed by atoms with E-state index in [1.165, 1.54) is 18.6 Å². The summed E-state index contributed by atoms with van der Waals surface area (Å²) in [4.78, 5) is 10.4. The molecule has 0 aliphatic heterocycles. The molecule has 1 amide bonds. The fraction of sp³-hybridized carbons (Fsp3) is 0.471. The van der Waals surface area contributed by atoms with Gasteiger partial charge >= 0.3 is 0 Å². The first-order chi connectivity index (χ1) is 9.60. The molecule has 0 aliphatic rings. The van der Waals surface area contributed by atoms with Gasteiger partial charge in [-0.1, -0.05) is 32.8 Å². The molecule has 0 atom stereocenters. The lowest BCUT2D eigenvalue weighted by molar-refractivity contribution is -0.105. The Kier molecular flexibility index (Phi) is 10.3. The van der Waals surface area contributed by atoms with Crippen LogP contribution in [0.1, 0.15) is 50.7 Å². The van der Waals surface area contributed by atoms with Gasteiger partial charge in [-0.15, -0.1) is 6.58 Å². The molecule has 0 heterocycles. The number of amides is 1. The minimum absolute atomic E-state index is 0.241. The first-order valence-corrected chi connectivity index (χ1v) is 7.20. The largest absolute Gasteiger partial charge is 0.328 e. The zero-order valence-electron chi connectivity index (χ0n) is 12.8. The summed E-state index contributed by atoms with van der Waals surface area (Å²) in [5, 5.41) is 2.63. The summed E-state index contributed by atoms with van der Waals surface area (Å²) in [6, 6.07) is 2.93. The SMILES string of the molecule is C=CCCC.CCCCc1cc(F)cc(C)c1NC=O. The molecule has 112 valence electrons. The molecule has 1 N–H and O–H groups in total. The van der Waals surface area contributed by atoms with Gasteiger partial charge < -0.3 is 5.32 Å². The average molecular weight is 279 g/mol. The van der Waals surface area contributed by atoms with Crippen LogP contribution in [0.2, 0.25) is 0 Å². The van der Waals surface area contributed by atoms with E-state index < -0.39 is 0 Å². The average Bonchev–Trinajstić information content (AvgIpc) is 2.41. The lowest BCUT2D eigenvalue weighted by atomic mass is 10.0. The van der Waals surface area contributed by atoms with Gasteiger partial charge in [-0.2, -0.15) is 0 Å². The number of carbonyl (C=O) groups is 1. The van der Waals surface area contributed by atoms with Crippen molar-refractivity contribution >= 4 is 12.1 Å². The predicted octanol–water partition coefficient (Wildman–Crippen LogP) is 5.02. The molecule has 1 aromatic rings. The number of hydrogen-bond acceptors (Lipinski definition) is 1. The quantitative estimate of drug-likeness (QED) is 0.551. The van der Waals surface area contributed by atoms with Crippen LogP contribution in [0.25, 0.3) is 0 Å². The summed E-state index contributed by atoms with van der Waals surface area (Å²) in [5.74, 6) is -0.241. The third kappa shape index (κ3) is 7.07. The van der Waals surface area contributed by atoms with Crippen molar-refractivity contribution in [3.63, 3.8) is 0 Å². The van der Waals surface area contributed by atoms with E-state index in [-0.39, 0.29) is 5.82 Å². The molecule has 1 rings (SSSR count). The number of anilines is 1. The molecule has 2 nitrogen and oxygen atoms in total. The van der Waals surface area contributed by atoms with E-state index in [4.69, 9.17) is 0 Å². The Morgan fingerprint density at radius 2 is 2.00 bits per heavy atom. The summed E-state index contributed by atoms with van der Waals surface area (Å²) in [7, 11) is 0. The molecule has 0 spiro atoms. The highest BCUT2D eigenvalue weighted by atomic mass is 19.1. The molecule has 0 bridgehead atoms. The van der Waals surface area contributed by atoms with Gasteiger partial charge in [0.15, 0.2) is 0 Å². The van der Waals surface area contributed by atoms with Crippen molar-refractivity contribution in [1.82, 2.24) is 0 Å². The monoisotopic (exact) mass is 279 g/mol. The van der Waals surface area contributed by atoms with Crippen molar-refractivity contribution in [2.75, 3.05) is 5.32 Å². The summed E-state index contributed by atoms with van der Waals surface area (Å²) in [5.41, 5.74) is 2.40. The lowest BCUT2D eigenvalue weighted by Crippen LogP contribution is -2.02. The van der Waals surface area contributed by atoms with Gasteiger partial charge in [0.25, 0.3) is 0 Å². The van der Waals surface area contributed by atoms with E-state index in [0.29, 0.717) is 6.41 Å². The molecule has 0 unspecified atom stereocenters. The van der Waals surface area contributed by atoms with E-state index in [1.807, 2.05) is 6.08 Å². The van der Waals surface area contributed by atoms with Crippen molar-refractivity contribution in [2.24, 2.45) is 0 Å². The van der Waals surface area contributed by atoms with E-state index in [0.717, 1.165) is 42.5 Å². The van der Waals surface area contributed by atoms with Gasteiger partial charge in [-0.25, -0.2) is 4.39 Å². The number of allylic oxidation sites excluding steroid dienone is 1. The highest BCUT2D eigenvalue weighted by Gasteiger charge is 2.07. The van der Waals surface area contributed by atoms with Crippen LogP contribution in [-0.2, 0) is 11.2 Å². The number of benzene rings is 1. The van der Waals surface area contributed by atoms with E-state index in [9.17, 15) is 9.18 Å². The van der Waals surface area contributed by atoms with Crippen molar-refractivity contribution < 1.29 is 9.18 Å². The molecule has 0 aliphatic carbocycles. The zero-order valence-corrected chi connectivity index (χ0v) is 12.8. The van der Waals surface area contributed by atoms with Crippen LogP contribution in [0.3, 0.4) is 0 Å². The maximum absolute atomic E-state index is 13.2. The predicted molar refractivity (Wildman–Crippen MR) is 84.5 cm³/mol. The Hall–Kier alpha value is -1.64. The van der Waals surface area contributed by atoms with Crippen molar-refractivity contribution in [2.45, 2.75) is 52.9 Å². The van der Waals surface area contributed by atoms with Gasteiger partial charge in [-0.3, -0.25) is 4.79 Å². The summed E-state index contributed by atoms with van der Waals surface area (Å²) in [6.45, 7) is 9.57. The van der Waals surface area contributed by atoms with E-state index in [2.05, 4.69) is 25.7 Å². The van der Waals surface area contributed by atoms with Crippen LogP contribution in [0.4, 0.5) is 10.1 Å². The first-order valence-electron chi connectivity index (χ1n) is 7.20. The molecule has 3 heteroatoms. The highest BCUT2D eigenvalue weighted by molar-refractivity contribution is 5.75. The number of nitrogens with one attached hydrogen (secondary N) is 1. The van der Waals surface area contributed by atoms with Gasteiger partial charge in [0.1, 0.15) is 5.82 Å². The van der Waals surface area contributed by atoms with Crippen LogP contribution in [-0.4, -0.2) is 6.41 Å². The van der Waals surface area contributed by atoms with Gasteiger partial charge in [0.2, 0.25) is 6.41 Å². The number of halogens is 1. The second kappa shape index (κ2) is 11.2. The molecule has 0 radical (unpaired) electrons. The summed E-state index contributed by atoms with van der Waals surface area (Å²) >= 11 is 0. The molecule has 1 aromatic carbocycles. The van der Waals surface area contributed by atoms with Crippen molar-refractivity contribution in [1.29, 1.82) is 0 Å². The standard InChI is InChI=1S/C12H16FNO.C5H10/c1-3-4-5-10-7-11(13)6-9(2)12(10)14-8-15;1-3-5-4-2/h6-8H,3-5H2,1-2H3,(H,14,15);3H,1,4-5H2,2H3. The Labute approximate surface area is 122 Å². The Morgan fingerprint density at radius 1 is 1.30 bits per heavy atom. The minimum Gasteiger partial charge on any atom is -0.328 e. The first kappa shape index (κ1) is 18.4. The topological polar surface area (TPSA) is 29.1 Å². The summed E-state index contributed by atoms with van der Waals surface area (Å²) in [6.07, 6.45) is 7.79. The fourth-order valence-electron chi connectivity index (χ4n) is 1.85. The minimum atomic E-state index is -0.241. The van der Waals surface area contributed by atoms with Crippen LogP contribution < -0.4 is 5.32 Å². The third-order valence-electron chi connectivity index (χ3n) is 2.88. The second-order valence-electron chi connectivity index (χ2n) is 4.70. The second-order valence-corrected chi connectivity index (χ2v) is 4.70. The Balaban J connectivity index is 0.000000621. The summed E-state index contributed by atoms with van der Waals surface area (Å²) < 4.78 is 13.2. The Morgan fingerprint density at radius 3 is 2.45 bits per heavy atom. The van der Waals surface area contributed by atoms with Crippen molar-refractivity contribution in [3.8, 4) is 0 Å². The fourth-order valence-corrected chi connectivity index (χ4v) is 1.85. The van der Waals surface area contributed by atoms with Crippen LogP contribution in [0, 0.1) is 12.7 Å². The maximum Gasteiger partial charge on any atom is 0.211 e. The molecule has 20 heavy (non-hydrogen) atoms. The van der Waals surface area contributed by atoms with Crippen LogP contribution in [0.15, 0.2) is 24.8 Å². The number of rotatable bonds is 7. The third-order valence-corrected chi connectivity index (χ3v) is 2.88. The smallest absolute Gasteiger partial charge is 0.211 e. The Bertz CT molecular complexity index is 416. The zero-order chi connectivity index (χ0) is 15.4. The molecular formula is C17H26FNO. The number of unbranched alkanes of at least 4 members (excludes halogenated alkanes) is 2. The van der Waals surface area contributed by atoms with Gasteiger partial charge in [-0.05, 0) is 49.4 Å². The van der Waals surface area contributed by atoms with Crippen LogP contribution >= 0.6 is 0 Å². The number of carbonyl (C=O) groups excluding carboxylic acids is 1. The lowest BCUT2D eigenvalue weighted by Gasteiger charge is -2.11. The highest BCUT2D eigenvalue weighted by Crippen LogP contribution is 2.23. The van der Waals surface area contributed by atoms with Crippen molar-refractivity contribution in [3.05, 3.63) is 41.7 Å². The molecule has 0 saturated carbocycles. The normalized spacial score (nSPS) is 9.40. The van der Waals surface area contributed by atoms with E-state index in [1.54, 1.807) is 6.92 Å².